The molecule has 12 heteroatoms. The molecule has 3 heterocycles. The zero-order chi connectivity index (χ0) is 20.4. The number of nitrogen functional groups attached to an aromatic ring is 1. The molecule has 1 aliphatic rings. The number of carbonyl (C=O) groups is 1. The number of nitrogens with zero attached hydrogens (tertiary/aromatic N) is 5. The number of aliphatic hydroxyl groups is 2. The lowest BCUT2D eigenvalue weighted by Crippen LogP contribution is -2.42. The largest absolute Gasteiger partial charge is 0.480 e. The maximum Gasteiger partial charge on any atom is 0.320 e. The molecule has 2 aromatic heterocycles. The first-order valence-corrected chi connectivity index (χ1v) is 8.98. The summed E-state index contributed by atoms with van der Waals surface area (Å²) >= 11 is 0. The highest BCUT2D eigenvalue weighted by Crippen LogP contribution is 2.32. The van der Waals surface area contributed by atoms with E-state index in [4.69, 9.17) is 21.3 Å². The monoisotopic (exact) mass is 395 g/mol. The zero-order valence-electron chi connectivity index (χ0n) is 15.4. The fourth-order valence-electron chi connectivity index (χ4n) is 3.24. The molecule has 0 bridgehead atoms. The van der Waals surface area contributed by atoms with Gasteiger partial charge in [-0.1, -0.05) is 6.92 Å². The number of carboxylic acids is 1. The number of nitrogens with two attached hydrogens (primary N) is 2. The molecule has 1 saturated heterocycles. The molecule has 7 N–H and O–H groups in total. The molecule has 12 nitrogen and oxygen atoms in total. The lowest BCUT2D eigenvalue weighted by atomic mass is 10.1. The summed E-state index contributed by atoms with van der Waals surface area (Å²) in [6, 6.07) is -0.954. The Labute approximate surface area is 160 Å². The summed E-state index contributed by atoms with van der Waals surface area (Å²) in [6.07, 6.45) is -0.919. The van der Waals surface area contributed by atoms with Gasteiger partial charge in [0.2, 0.25) is 0 Å². The summed E-state index contributed by atoms with van der Waals surface area (Å²) in [5.74, 6) is -0.850. The van der Waals surface area contributed by atoms with Gasteiger partial charge in [-0.15, -0.1) is 0 Å². The number of carboxylic acid groups (broad SMARTS) is 1. The number of likely N-dealkylation sites (N-methyl/N-ethyl adjacent to an activating group) is 1. The van der Waals surface area contributed by atoms with Gasteiger partial charge < -0.3 is 36.4 Å². The number of aliphatic hydroxyl groups excluding tert-OH is 2. The Balaban J connectivity index is 1.71. The van der Waals surface area contributed by atoms with E-state index in [9.17, 15) is 15.0 Å². The minimum atomic E-state index is -1.20. The van der Waals surface area contributed by atoms with E-state index in [2.05, 4.69) is 15.0 Å². The van der Waals surface area contributed by atoms with Crippen molar-refractivity contribution in [3.05, 3.63) is 12.7 Å². The van der Waals surface area contributed by atoms with Gasteiger partial charge in [0.15, 0.2) is 17.7 Å². The summed E-state index contributed by atoms with van der Waals surface area (Å²) in [7, 11) is 0. The third kappa shape index (κ3) is 3.91. The zero-order valence-corrected chi connectivity index (χ0v) is 15.4. The predicted molar refractivity (Wildman–Crippen MR) is 98.0 cm³/mol. The first kappa shape index (κ1) is 20.4. The summed E-state index contributed by atoms with van der Waals surface area (Å²) in [6.45, 7) is 3.25. The van der Waals surface area contributed by atoms with Crippen LogP contribution in [0.4, 0.5) is 5.82 Å². The average Bonchev–Trinajstić information content (AvgIpc) is 3.21. The molecule has 0 saturated carbocycles. The number of imidazole rings is 1. The fraction of sp³-hybridized carbons (Fsp3) is 0.625. The molecule has 154 valence electrons. The summed E-state index contributed by atoms with van der Waals surface area (Å²) in [4.78, 5) is 24.9. The van der Waals surface area contributed by atoms with Gasteiger partial charge in [0.25, 0.3) is 0 Å². The van der Waals surface area contributed by atoms with Crippen LogP contribution in [0, 0.1) is 0 Å². The van der Waals surface area contributed by atoms with Gasteiger partial charge in [-0.05, 0) is 13.0 Å². The lowest BCUT2D eigenvalue weighted by molar-refractivity contribution is -0.138. The van der Waals surface area contributed by atoms with Crippen LogP contribution in [0.1, 0.15) is 19.6 Å². The highest BCUT2D eigenvalue weighted by atomic mass is 16.6. The van der Waals surface area contributed by atoms with Gasteiger partial charge in [-0.3, -0.25) is 9.36 Å². The molecule has 1 fully saturated rings. The Morgan fingerprint density at radius 3 is 2.79 bits per heavy atom. The second-order valence-electron chi connectivity index (χ2n) is 6.76. The minimum Gasteiger partial charge on any atom is -0.480 e. The van der Waals surface area contributed by atoms with Crippen molar-refractivity contribution in [2.24, 2.45) is 5.73 Å². The molecular weight excluding hydrogens is 370 g/mol. The Kier molecular flexibility index (Phi) is 6.05. The lowest BCUT2D eigenvalue weighted by Gasteiger charge is -2.26. The fourth-order valence-corrected chi connectivity index (χ4v) is 3.24. The summed E-state index contributed by atoms with van der Waals surface area (Å²) in [5, 5.41) is 29.8. The van der Waals surface area contributed by atoms with Crippen molar-refractivity contribution in [1.29, 1.82) is 0 Å². The van der Waals surface area contributed by atoms with Crippen molar-refractivity contribution >= 4 is 23.0 Å². The van der Waals surface area contributed by atoms with Crippen molar-refractivity contribution in [3.63, 3.8) is 0 Å². The second kappa shape index (κ2) is 8.32. The van der Waals surface area contributed by atoms with Crippen molar-refractivity contribution in [2.75, 3.05) is 25.4 Å². The molecule has 5 atom stereocenters. The molecule has 28 heavy (non-hydrogen) atoms. The Morgan fingerprint density at radius 1 is 1.36 bits per heavy atom. The molecule has 0 spiro atoms. The van der Waals surface area contributed by atoms with Gasteiger partial charge >= 0.3 is 5.97 Å². The SMILES string of the molecule is CCN(CC[C@H](N)C(=O)O)C[C@H]1O[C@@H](n2cnc3c(N)ncnc32)[C@H](O)[C@@H]1O. The molecule has 0 radical (unpaired) electrons. The molecule has 1 aliphatic heterocycles. The standard InChI is InChI=1S/C16H25N7O5/c1-2-22(4-3-8(17)16(26)27)5-9-11(24)12(25)15(28-9)23-7-21-10-13(18)19-6-20-14(10)23/h6-9,11-12,15,24-25H,2-5,17H2,1H3,(H,26,27)(H2,18,19,20)/t8-,9+,11+,12+,15+/m0/s1. The molecule has 0 unspecified atom stereocenters. The maximum absolute atomic E-state index is 10.9. The molecular formula is C16H25N7O5. The van der Waals surface area contributed by atoms with E-state index in [1.165, 1.54) is 17.2 Å². The van der Waals surface area contributed by atoms with Crippen LogP contribution in [0.15, 0.2) is 12.7 Å². The third-order valence-corrected chi connectivity index (χ3v) is 4.96. The van der Waals surface area contributed by atoms with Crippen LogP contribution in [0.25, 0.3) is 11.2 Å². The first-order valence-electron chi connectivity index (χ1n) is 8.98. The van der Waals surface area contributed by atoms with Crippen LogP contribution in [-0.2, 0) is 9.53 Å². The number of aromatic nitrogens is 4. The van der Waals surface area contributed by atoms with E-state index in [0.29, 0.717) is 30.8 Å². The van der Waals surface area contributed by atoms with Crippen LogP contribution in [0.5, 0.6) is 0 Å². The minimum absolute atomic E-state index is 0.209. The smallest absolute Gasteiger partial charge is 0.320 e. The molecule has 0 amide bonds. The number of ether oxygens (including phenoxy) is 1. The van der Waals surface area contributed by atoms with Gasteiger partial charge in [0.1, 0.15) is 36.2 Å². The quantitative estimate of drug-likeness (QED) is 0.338. The highest BCUT2D eigenvalue weighted by molar-refractivity contribution is 5.81. The summed E-state index contributed by atoms with van der Waals surface area (Å²) < 4.78 is 7.41. The van der Waals surface area contributed by atoms with Crippen molar-refractivity contribution < 1.29 is 24.9 Å². The molecule has 2 aromatic rings. The number of aliphatic carboxylic acids is 1. The van der Waals surface area contributed by atoms with E-state index in [1.54, 1.807) is 0 Å². The predicted octanol–water partition coefficient (Wildman–Crippen LogP) is -1.85. The van der Waals surface area contributed by atoms with Gasteiger partial charge in [-0.25, -0.2) is 15.0 Å². The third-order valence-electron chi connectivity index (χ3n) is 4.96. The van der Waals surface area contributed by atoms with E-state index in [1.807, 2.05) is 11.8 Å². The number of anilines is 1. The number of fused-ring (bicyclic) bond motifs is 1. The van der Waals surface area contributed by atoms with Crippen molar-refractivity contribution in [1.82, 2.24) is 24.4 Å². The van der Waals surface area contributed by atoms with Crippen LogP contribution in [-0.4, -0.2) is 89.7 Å². The Hall–Kier alpha value is -2.38. The summed E-state index contributed by atoms with van der Waals surface area (Å²) in [5.41, 5.74) is 12.1. The Morgan fingerprint density at radius 2 is 2.11 bits per heavy atom. The van der Waals surface area contributed by atoms with Crippen molar-refractivity contribution in [2.45, 2.75) is 43.9 Å². The molecule has 3 rings (SSSR count). The van der Waals surface area contributed by atoms with E-state index >= 15 is 0 Å². The van der Waals surface area contributed by atoms with E-state index in [-0.39, 0.29) is 12.2 Å². The van der Waals surface area contributed by atoms with Crippen LogP contribution in [0.2, 0.25) is 0 Å². The number of hydrogen-bond acceptors (Lipinski definition) is 10. The first-order chi connectivity index (χ1) is 13.3. The van der Waals surface area contributed by atoms with Crippen molar-refractivity contribution in [3.8, 4) is 0 Å². The van der Waals surface area contributed by atoms with Crippen LogP contribution in [0.3, 0.4) is 0 Å². The maximum atomic E-state index is 10.9. The van der Waals surface area contributed by atoms with Gasteiger partial charge in [-0.2, -0.15) is 0 Å². The topological polar surface area (TPSA) is 186 Å². The highest BCUT2D eigenvalue weighted by Gasteiger charge is 2.44. The van der Waals surface area contributed by atoms with E-state index < -0.39 is 36.6 Å². The van der Waals surface area contributed by atoms with Crippen LogP contribution >= 0.6 is 0 Å². The molecule has 0 aliphatic carbocycles. The number of rotatable bonds is 8. The average molecular weight is 395 g/mol. The second-order valence-corrected chi connectivity index (χ2v) is 6.76. The Bertz CT molecular complexity index is 831. The number of hydrogen-bond donors (Lipinski definition) is 5. The van der Waals surface area contributed by atoms with E-state index in [0.717, 1.165) is 0 Å². The van der Waals surface area contributed by atoms with Gasteiger partial charge in [0, 0.05) is 13.1 Å². The van der Waals surface area contributed by atoms with Gasteiger partial charge in [0.05, 0.1) is 6.33 Å². The normalized spacial score (nSPS) is 26.2. The van der Waals surface area contributed by atoms with Crippen LogP contribution < -0.4 is 11.5 Å². The molecule has 0 aromatic carbocycles.